The van der Waals surface area contributed by atoms with Crippen molar-refractivity contribution in [3.8, 4) is 0 Å². The zero-order valence-electron chi connectivity index (χ0n) is 6.91. The summed E-state index contributed by atoms with van der Waals surface area (Å²) in [5.74, 6) is 0. The molecule has 0 aliphatic carbocycles. The Bertz CT molecular complexity index is 146. The second kappa shape index (κ2) is 3.62. The molecule has 0 bridgehead atoms. The Labute approximate surface area is 69.5 Å². The molecule has 2 unspecified atom stereocenters. The van der Waals surface area contributed by atoms with Crippen LogP contribution in [0.15, 0.2) is 0 Å². The van der Waals surface area contributed by atoms with Crippen molar-refractivity contribution in [2.75, 3.05) is 13.1 Å². The normalized spacial score (nSPS) is 33.0. The predicted octanol–water partition coefficient (Wildman–Crippen LogP) is 0.889. The molecule has 2 nitrogen and oxygen atoms in total. The van der Waals surface area contributed by atoms with Crippen LogP contribution in [0.3, 0.4) is 0 Å². The first kappa shape index (κ1) is 9.80. The highest BCUT2D eigenvalue weighted by Crippen LogP contribution is 2.23. The summed E-state index contributed by atoms with van der Waals surface area (Å²) in [5, 5.41) is 5.45. The summed E-state index contributed by atoms with van der Waals surface area (Å²) < 4.78 is 36.6. The number of nitrogens with one attached hydrogen (secondary N) is 2. The van der Waals surface area contributed by atoms with Crippen molar-refractivity contribution in [2.24, 2.45) is 0 Å². The Morgan fingerprint density at radius 1 is 1.17 bits per heavy atom. The van der Waals surface area contributed by atoms with Crippen molar-refractivity contribution in [2.45, 2.75) is 31.6 Å². The summed E-state index contributed by atoms with van der Waals surface area (Å²) >= 11 is 0. The van der Waals surface area contributed by atoms with E-state index in [1.165, 1.54) is 0 Å². The molecule has 0 spiro atoms. The third-order valence-corrected chi connectivity index (χ3v) is 1.99. The minimum Gasteiger partial charge on any atom is -0.313 e. The highest BCUT2D eigenvalue weighted by atomic mass is 19.4. The molecule has 0 saturated carbocycles. The first-order valence-electron chi connectivity index (χ1n) is 4.03. The predicted molar refractivity (Wildman–Crippen MR) is 39.9 cm³/mol. The third-order valence-electron chi connectivity index (χ3n) is 1.99. The first-order chi connectivity index (χ1) is 5.50. The van der Waals surface area contributed by atoms with Gasteiger partial charge in [-0.3, -0.25) is 0 Å². The van der Waals surface area contributed by atoms with Gasteiger partial charge in [0, 0.05) is 19.1 Å². The Kier molecular flexibility index (Phi) is 2.95. The van der Waals surface area contributed by atoms with Crippen molar-refractivity contribution in [3.63, 3.8) is 0 Å². The Balaban J connectivity index is 2.52. The average molecular weight is 182 g/mol. The van der Waals surface area contributed by atoms with Crippen LogP contribution in [0.4, 0.5) is 13.2 Å². The van der Waals surface area contributed by atoms with Crippen LogP contribution < -0.4 is 10.6 Å². The van der Waals surface area contributed by atoms with Gasteiger partial charge in [0.25, 0.3) is 0 Å². The van der Waals surface area contributed by atoms with Crippen LogP contribution >= 0.6 is 0 Å². The monoisotopic (exact) mass is 182 g/mol. The molecular weight excluding hydrogens is 169 g/mol. The number of hydrogen-bond acceptors (Lipinski definition) is 2. The first-order valence-corrected chi connectivity index (χ1v) is 4.03. The van der Waals surface area contributed by atoms with E-state index in [0.717, 1.165) is 0 Å². The van der Waals surface area contributed by atoms with E-state index in [9.17, 15) is 13.2 Å². The molecule has 1 heterocycles. The molecule has 12 heavy (non-hydrogen) atoms. The van der Waals surface area contributed by atoms with E-state index >= 15 is 0 Å². The summed E-state index contributed by atoms with van der Waals surface area (Å²) in [5.41, 5.74) is 0. The van der Waals surface area contributed by atoms with Crippen LogP contribution in [0.25, 0.3) is 0 Å². The second-order valence-corrected chi connectivity index (χ2v) is 3.14. The molecule has 1 fully saturated rings. The number of hydrogen-bond donors (Lipinski definition) is 2. The van der Waals surface area contributed by atoms with Crippen molar-refractivity contribution in [3.05, 3.63) is 0 Å². The van der Waals surface area contributed by atoms with Crippen LogP contribution in [0.1, 0.15) is 13.3 Å². The Morgan fingerprint density at radius 2 is 1.75 bits per heavy atom. The van der Waals surface area contributed by atoms with Gasteiger partial charge in [-0.2, -0.15) is 13.2 Å². The van der Waals surface area contributed by atoms with Gasteiger partial charge in [0.05, 0.1) is 0 Å². The molecule has 0 aromatic heterocycles. The fraction of sp³-hybridized carbons (Fsp3) is 1.00. The van der Waals surface area contributed by atoms with Crippen LogP contribution in [0.2, 0.25) is 0 Å². The van der Waals surface area contributed by atoms with Gasteiger partial charge in [-0.05, 0) is 13.3 Å². The van der Waals surface area contributed by atoms with E-state index < -0.39 is 12.2 Å². The molecule has 1 rings (SSSR count). The van der Waals surface area contributed by atoms with Gasteiger partial charge in [0.15, 0.2) is 0 Å². The molecule has 1 aliphatic rings. The van der Waals surface area contributed by atoms with Gasteiger partial charge in [-0.15, -0.1) is 0 Å². The van der Waals surface area contributed by atoms with Gasteiger partial charge < -0.3 is 10.6 Å². The fourth-order valence-electron chi connectivity index (χ4n) is 1.33. The highest BCUT2D eigenvalue weighted by molar-refractivity contribution is 4.82. The van der Waals surface area contributed by atoms with Gasteiger partial charge in [-0.1, -0.05) is 0 Å². The maximum atomic E-state index is 12.2. The van der Waals surface area contributed by atoms with E-state index in [-0.39, 0.29) is 12.5 Å². The van der Waals surface area contributed by atoms with Crippen molar-refractivity contribution < 1.29 is 13.2 Å². The molecule has 2 atom stereocenters. The topological polar surface area (TPSA) is 24.1 Å². The lowest BCUT2D eigenvalue weighted by Gasteiger charge is -2.20. The quantitative estimate of drug-likeness (QED) is 0.581. The summed E-state index contributed by atoms with van der Waals surface area (Å²) in [4.78, 5) is 0. The van der Waals surface area contributed by atoms with Crippen LogP contribution in [-0.2, 0) is 0 Å². The zero-order chi connectivity index (χ0) is 9.19. The molecule has 0 radical (unpaired) electrons. The van der Waals surface area contributed by atoms with E-state index in [1.807, 2.05) is 0 Å². The molecule has 1 aliphatic heterocycles. The number of alkyl halides is 3. The molecule has 1 saturated heterocycles. The van der Waals surface area contributed by atoms with E-state index in [0.29, 0.717) is 13.1 Å². The molecule has 0 aromatic carbocycles. The molecule has 72 valence electrons. The Morgan fingerprint density at radius 3 is 2.33 bits per heavy atom. The van der Waals surface area contributed by atoms with Gasteiger partial charge in [-0.25, -0.2) is 0 Å². The smallest absolute Gasteiger partial charge is 0.313 e. The molecule has 0 aromatic rings. The van der Waals surface area contributed by atoms with Crippen LogP contribution in [0, 0.1) is 0 Å². The molecule has 5 heteroatoms. The van der Waals surface area contributed by atoms with Crippen LogP contribution in [-0.4, -0.2) is 31.3 Å². The lowest BCUT2D eigenvalue weighted by Crippen LogP contribution is -2.43. The van der Waals surface area contributed by atoms with Gasteiger partial charge in [0.2, 0.25) is 0 Å². The maximum Gasteiger partial charge on any atom is 0.403 e. The SMILES string of the molecule is CC1CC(C(F)(F)F)NCCN1. The lowest BCUT2D eigenvalue weighted by molar-refractivity contribution is -0.156. The van der Waals surface area contributed by atoms with Gasteiger partial charge in [0.1, 0.15) is 6.04 Å². The third kappa shape index (κ3) is 2.64. The van der Waals surface area contributed by atoms with Crippen molar-refractivity contribution >= 4 is 0 Å². The number of rotatable bonds is 0. The number of halogens is 3. The minimum absolute atomic E-state index is 0.0633. The summed E-state index contributed by atoms with van der Waals surface area (Å²) in [6.45, 7) is 2.76. The summed E-state index contributed by atoms with van der Waals surface area (Å²) in [7, 11) is 0. The molecule has 2 N–H and O–H groups in total. The van der Waals surface area contributed by atoms with E-state index in [2.05, 4.69) is 10.6 Å². The van der Waals surface area contributed by atoms with Crippen molar-refractivity contribution in [1.82, 2.24) is 10.6 Å². The zero-order valence-corrected chi connectivity index (χ0v) is 6.91. The van der Waals surface area contributed by atoms with E-state index in [4.69, 9.17) is 0 Å². The Hall–Kier alpha value is -0.290. The largest absolute Gasteiger partial charge is 0.403 e. The highest BCUT2D eigenvalue weighted by Gasteiger charge is 2.40. The lowest BCUT2D eigenvalue weighted by atomic mass is 10.1. The molecular formula is C7H13F3N2. The molecule has 0 amide bonds. The fourth-order valence-corrected chi connectivity index (χ4v) is 1.33. The van der Waals surface area contributed by atoms with Crippen molar-refractivity contribution in [1.29, 1.82) is 0 Å². The van der Waals surface area contributed by atoms with Crippen LogP contribution in [0.5, 0.6) is 0 Å². The average Bonchev–Trinajstić information content (AvgIpc) is 2.11. The maximum absolute atomic E-state index is 12.2. The minimum atomic E-state index is -4.11. The standard InChI is InChI=1S/C7H13F3N2/c1-5-4-6(7(8,9)10)12-3-2-11-5/h5-6,11-12H,2-4H2,1H3. The van der Waals surface area contributed by atoms with E-state index in [1.54, 1.807) is 6.92 Å². The van der Waals surface area contributed by atoms with Gasteiger partial charge >= 0.3 is 6.18 Å². The summed E-state index contributed by atoms with van der Waals surface area (Å²) in [6, 6.07) is -1.41. The summed E-state index contributed by atoms with van der Waals surface area (Å²) in [6.07, 6.45) is -4.00. The second-order valence-electron chi connectivity index (χ2n) is 3.14.